The van der Waals surface area contributed by atoms with E-state index in [0.29, 0.717) is 6.42 Å². The zero-order valence-electron chi connectivity index (χ0n) is 26.3. The van der Waals surface area contributed by atoms with E-state index >= 15 is 8.78 Å². The van der Waals surface area contributed by atoms with Crippen LogP contribution in [-0.2, 0) is 20.2 Å². The van der Waals surface area contributed by atoms with Crippen LogP contribution >= 0.6 is 10.3 Å². The molecule has 3 aromatic rings. The summed E-state index contributed by atoms with van der Waals surface area (Å²) in [6.45, 7) is 2.17. The Morgan fingerprint density at radius 1 is 0.521 bits per heavy atom. The Hall–Kier alpha value is -2.71. The van der Waals surface area contributed by atoms with Gasteiger partial charge in [0.15, 0.2) is 0 Å². The van der Waals surface area contributed by atoms with Crippen molar-refractivity contribution in [1.82, 2.24) is 0 Å². The maximum atomic E-state index is 15.0. The molecule has 0 saturated heterocycles. The predicted molar refractivity (Wildman–Crippen MR) is 168 cm³/mol. The molecule has 0 bridgehead atoms. The SMILES string of the molecule is CCCCCCCCCCCCc1ccc(S(OS(=O)(=O)C(F)(F)C(F)(F)C(F)(F)C(F)(F)F)(c2ccccc2)c2ccccc2)cc1. The minimum Gasteiger partial charge on any atom is -0.202 e. The van der Waals surface area contributed by atoms with Crippen molar-refractivity contribution in [2.45, 2.75) is 116 Å². The van der Waals surface area contributed by atoms with Crippen molar-refractivity contribution in [3.63, 3.8) is 0 Å². The standard InChI is InChI=1S/C34H39F9O3S2/c1-2-3-4-5-6-7-8-9-10-13-18-27-23-25-30(26-24-27)47(28-19-14-11-15-20-28,29-21-16-12-17-22-29)46-48(44,45)34(42,43)32(37,38)31(35,36)33(39,40)41/h11-12,14-17,19-26H,2-10,13,18H2,1H3. The minimum absolute atomic E-state index is 0.100. The van der Waals surface area contributed by atoms with Crippen LogP contribution in [0.4, 0.5) is 39.5 Å². The van der Waals surface area contributed by atoms with Crippen molar-refractivity contribution >= 4 is 20.4 Å². The van der Waals surface area contributed by atoms with Crippen molar-refractivity contribution in [3.8, 4) is 0 Å². The molecule has 0 aromatic heterocycles. The minimum atomic E-state index is -7.44. The van der Waals surface area contributed by atoms with Gasteiger partial charge >= 0.3 is 33.4 Å². The van der Waals surface area contributed by atoms with Crippen LogP contribution in [0.25, 0.3) is 0 Å². The highest BCUT2D eigenvalue weighted by Gasteiger charge is 2.86. The molecule has 0 aliphatic rings. The van der Waals surface area contributed by atoms with Gasteiger partial charge in [0, 0.05) is 14.7 Å². The summed E-state index contributed by atoms with van der Waals surface area (Å²) < 4.78 is 156. The Balaban J connectivity index is 1.97. The summed E-state index contributed by atoms with van der Waals surface area (Å²) in [5, 5.41) is -7.02. The lowest BCUT2D eigenvalue weighted by Crippen LogP contribution is -2.63. The van der Waals surface area contributed by atoms with Crippen molar-refractivity contribution in [2.24, 2.45) is 0 Å². The predicted octanol–water partition coefficient (Wildman–Crippen LogP) is 12.1. The maximum Gasteiger partial charge on any atom is 0.460 e. The first-order valence-corrected chi connectivity index (χ1v) is 18.6. The van der Waals surface area contributed by atoms with Gasteiger partial charge in [-0.15, -0.1) is 0 Å². The Morgan fingerprint density at radius 3 is 1.33 bits per heavy atom. The molecule has 14 heteroatoms. The molecule has 3 nitrogen and oxygen atoms in total. The molecule has 0 unspecified atom stereocenters. The first-order chi connectivity index (χ1) is 22.5. The average molecular weight is 731 g/mol. The van der Waals surface area contributed by atoms with Gasteiger partial charge in [-0.05, 0) is 65.1 Å². The van der Waals surface area contributed by atoms with Gasteiger partial charge in [-0.3, -0.25) is 0 Å². The normalized spacial score (nSPS) is 13.9. The summed E-state index contributed by atoms with van der Waals surface area (Å²) in [7, 11) is -11.2. The fourth-order valence-electron chi connectivity index (χ4n) is 5.11. The van der Waals surface area contributed by atoms with Gasteiger partial charge in [-0.25, -0.2) is 3.63 Å². The van der Waals surface area contributed by atoms with Gasteiger partial charge < -0.3 is 0 Å². The van der Waals surface area contributed by atoms with Crippen molar-refractivity contribution in [2.75, 3.05) is 0 Å². The van der Waals surface area contributed by atoms with Gasteiger partial charge in [-0.2, -0.15) is 47.9 Å². The molecule has 3 aromatic carbocycles. The lowest BCUT2D eigenvalue weighted by Gasteiger charge is -2.41. The molecular weight excluding hydrogens is 691 g/mol. The smallest absolute Gasteiger partial charge is 0.202 e. The highest BCUT2D eigenvalue weighted by molar-refractivity contribution is 8.33. The molecule has 0 saturated carbocycles. The van der Waals surface area contributed by atoms with E-state index in [0.717, 1.165) is 37.7 Å². The van der Waals surface area contributed by atoms with Gasteiger partial charge in [0.2, 0.25) is 0 Å². The highest BCUT2D eigenvalue weighted by Crippen LogP contribution is 2.71. The number of hydrogen-bond acceptors (Lipinski definition) is 3. The van der Waals surface area contributed by atoms with E-state index in [4.69, 9.17) is 3.63 Å². The number of hydrogen-bond donors (Lipinski definition) is 0. The lowest BCUT2D eigenvalue weighted by atomic mass is 10.0. The molecule has 0 fully saturated rings. The second-order valence-corrected chi connectivity index (χ2v) is 15.9. The Morgan fingerprint density at radius 2 is 0.917 bits per heavy atom. The number of aryl methyl sites for hydroxylation is 1. The third-order valence-corrected chi connectivity index (χ3v) is 13.1. The molecule has 0 aliphatic heterocycles. The van der Waals surface area contributed by atoms with E-state index < -0.39 is 43.7 Å². The number of benzene rings is 3. The van der Waals surface area contributed by atoms with Gasteiger partial charge in [0.05, 0.1) is 0 Å². The van der Waals surface area contributed by atoms with Crippen LogP contribution in [0, 0.1) is 0 Å². The van der Waals surface area contributed by atoms with E-state index in [1.807, 2.05) is 0 Å². The van der Waals surface area contributed by atoms with E-state index in [1.54, 1.807) is 12.1 Å². The monoisotopic (exact) mass is 730 g/mol. The number of alkyl halides is 9. The van der Waals surface area contributed by atoms with Crippen LogP contribution in [-0.4, -0.2) is 31.7 Å². The average Bonchev–Trinajstić information content (AvgIpc) is 3.05. The van der Waals surface area contributed by atoms with Crippen molar-refractivity contribution < 1.29 is 51.6 Å². The third kappa shape index (κ3) is 8.53. The second kappa shape index (κ2) is 16.3. The highest BCUT2D eigenvalue weighted by atomic mass is 32.3. The zero-order chi connectivity index (χ0) is 35.7. The first-order valence-electron chi connectivity index (χ1n) is 15.6. The topological polar surface area (TPSA) is 43.4 Å². The van der Waals surface area contributed by atoms with E-state index in [1.165, 1.54) is 105 Å². The fourth-order valence-corrected chi connectivity index (χ4v) is 10.3. The molecule has 268 valence electrons. The summed E-state index contributed by atoms with van der Waals surface area (Å²) in [5.74, 6) is -14.9. The summed E-state index contributed by atoms with van der Waals surface area (Å²) in [4.78, 5) is -0.343. The first kappa shape index (κ1) is 39.7. The maximum absolute atomic E-state index is 15.0. The van der Waals surface area contributed by atoms with Crippen LogP contribution in [0.3, 0.4) is 0 Å². The van der Waals surface area contributed by atoms with Crippen LogP contribution < -0.4 is 0 Å². The van der Waals surface area contributed by atoms with Gasteiger partial charge in [0.25, 0.3) is 0 Å². The van der Waals surface area contributed by atoms with E-state index in [2.05, 4.69) is 6.92 Å². The largest absolute Gasteiger partial charge is 0.460 e. The molecule has 48 heavy (non-hydrogen) atoms. The Labute approximate surface area is 277 Å². The van der Waals surface area contributed by atoms with Crippen LogP contribution in [0.1, 0.15) is 76.7 Å². The fraction of sp³-hybridized carbons (Fsp3) is 0.471. The van der Waals surface area contributed by atoms with Gasteiger partial charge in [-0.1, -0.05) is 113 Å². The molecule has 0 heterocycles. The summed E-state index contributed by atoms with van der Waals surface area (Å²) in [6.07, 6.45) is 4.58. The third-order valence-electron chi connectivity index (χ3n) is 7.85. The van der Waals surface area contributed by atoms with Crippen LogP contribution in [0.15, 0.2) is 99.6 Å². The quantitative estimate of drug-likeness (QED) is 0.0911. The van der Waals surface area contributed by atoms with Crippen molar-refractivity contribution in [3.05, 3.63) is 90.5 Å². The van der Waals surface area contributed by atoms with Crippen LogP contribution in [0.2, 0.25) is 0 Å². The molecule has 0 atom stereocenters. The number of halogens is 9. The zero-order valence-corrected chi connectivity index (χ0v) is 27.9. The molecule has 0 spiro atoms. The van der Waals surface area contributed by atoms with Crippen LogP contribution in [0.5, 0.6) is 0 Å². The summed E-state index contributed by atoms with van der Waals surface area (Å²) in [6, 6.07) is 19.4. The molecular formula is C34H39F9O3S2. The number of unbranched alkanes of at least 4 members (excludes halogenated alkanes) is 9. The second-order valence-electron chi connectivity index (χ2n) is 11.4. The summed E-state index contributed by atoms with van der Waals surface area (Å²) >= 11 is 0. The summed E-state index contributed by atoms with van der Waals surface area (Å²) in [5.41, 5.74) is 0.789. The molecule has 0 N–H and O–H groups in total. The molecule has 3 rings (SSSR count). The van der Waals surface area contributed by atoms with E-state index in [9.17, 15) is 39.2 Å². The van der Waals surface area contributed by atoms with E-state index in [-0.39, 0.29) is 14.7 Å². The lowest BCUT2D eigenvalue weighted by molar-refractivity contribution is -0.382. The molecule has 0 radical (unpaired) electrons. The van der Waals surface area contributed by atoms with Crippen molar-refractivity contribution in [1.29, 1.82) is 0 Å². The van der Waals surface area contributed by atoms with Gasteiger partial charge in [0.1, 0.15) is 0 Å². The molecule has 0 amide bonds. The number of rotatable bonds is 19. The Bertz CT molecular complexity index is 1480. The molecule has 0 aliphatic carbocycles. The Kier molecular flexibility index (Phi) is 13.5.